The summed E-state index contributed by atoms with van der Waals surface area (Å²) in [5, 5.41) is 37.2. The highest BCUT2D eigenvalue weighted by atomic mass is 32.2. The Hall–Kier alpha value is -3.13. The van der Waals surface area contributed by atoms with Crippen molar-refractivity contribution >= 4 is 40.0 Å². The first-order valence-electron chi connectivity index (χ1n) is 12.8. The molecule has 2 rings (SSSR count). The normalized spacial score (nSPS) is 14.2. The van der Waals surface area contributed by atoms with E-state index in [1.54, 1.807) is 0 Å². The lowest BCUT2D eigenvalue weighted by atomic mass is 10.00. The Balaban J connectivity index is 2.36. The monoisotopic (exact) mass is 594 g/mol. The van der Waals surface area contributed by atoms with Crippen molar-refractivity contribution < 1.29 is 33.4 Å². The summed E-state index contributed by atoms with van der Waals surface area (Å²) >= 11 is 1.47. The van der Waals surface area contributed by atoms with Crippen molar-refractivity contribution in [2.45, 2.75) is 49.8 Å². The summed E-state index contributed by atoms with van der Waals surface area (Å²) in [5.74, 6) is -0.135. The number of rotatable bonds is 16. The number of hydrogen-bond acceptors (Lipinski definition) is 8. The molecule has 0 fully saturated rings. The molecule has 0 saturated carbocycles. The van der Waals surface area contributed by atoms with Crippen molar-refractivity contribution in [1.29, 1.82) is 0 Å². The van der Waals surface area contributed by atoms with Crippen LogP contribution < -0.4 is 10.6 Å². The molecule has 0 heterocycles. The number of nitrogens with zero attached hydrogens (tertiary/aromatic N) is 2. The Labute approximate surface area is 239 Å². The summed E-state index contributed by atoms with van der Waals surface area (Å²) in [4.78, 5) is 24.4. The number of carbonyl (C=O) groups excluding carboxylic acids is 1. The number of hydrogen-bond donors (Lipinski definition) is 5. The van der Waals surface area contributed by atoms with E-state index in [4.69, 9.17) is 5.21 Å². The van der Waals surface area contributed by atoms with Gasteiger partial charge in [0.05, 0.1) is 23.3 Å². The highest BCUT2D eigenvalue weighted by molar-refractivity contribution is 7.98. The van der Waals surface area contributed by atoms with Gasteiger partial charge in [-0.3, -0.25) is 4.79 Å². The van der Waals surface area contributed by atoms with Gasteiger partial charge in [0.15, 0.2) is 0 Å². The number of carboxylic acid groups (broad SMARTS) is 1. The molecule has 0 radical (unpaired) electrons. The molecule has 2 aromatic rings. The molecule has 220 valence electrons. The molecule has 2 amide bonds. The molecule has 0 unspecified atom stereocenters. The number of oxime groups is 1. The molecule has 0 aliphatic carbocycles. The van der Waals surface area contributed by atoms with Gasteiger partial charge in [0, 0.05) is 13.1 Å². The van der Waals surface area contributed by atoms with Gasteiger partial charge in [-0.25, -0.2) is 13.2 Å². The van der Waals surface area contributed by atoms with Crippen LogP contribution in [0.2, 0.25) is 0 Å². The molecule has 13 heteroatoms. The van der Waals surface area contributed by atoms with Crippen LogP contribution in [0.25, 0.3) is 0 Å². The van der Waals surface area contributed by atoms with Crippen LogP contribution in [0.15, 0.2) is 64.6 Å². The highest BCUT2D eigenvalue weighted by Crippen LogP contribution is 2.20. The maximum absolute atomic E-state index is 13.6. The van der Waals surface area contributed by atoms with Crippen LogP contribution in [0.4, 0.5) is 4.79 Å². The van der Waals surface area contributed by atoms with Crippen LogP contribution in [0, 0.1) is 5.92 Å². The summed E-state index contributed by atoms with van der Waals surface area (Å²) in [5.41, 5.74) is 1.31. The van der Waals surface area contributed by atoms with Crippen LogP contribution in [0.1, 0.15) is 31.4 Å². The van der Waals surface area contributed by atoms with Crippen molar-refractivity contribution in [3.05, 3.63) is 65.7 Å². The molecule has 3 atom stereocenters. The number of aliphatic hydroxyl groups is 1. The van der Waals surface area contributed by atoms with E-state index in [2.05, 4.69) is 15.8 Å². The summed E-state index contributed by atoms with van der Waals surface area (Å²) in [6.07, 6.45) is 0.805. The zero-order valence-corrected chi connectivity index (χ0v) is 24.4. The average molecular weight is 595 g/mol. The van der Waals surface area contributed by atoms with E-state index in [0.29, 0.717) is 11.3 Å². The zero-order valence-electron chi connectivity index (χ0n) is 22.8. The van der Waals surface area contributed by atoms with Crippen molar-refractivity contribution in [2.75, 3.05) is 25.1 Å². The Morgan fingerprint density at radius 2 is 1.70 bits per heavy atom. The number of carbonyl (C=O) groups is 2. The van der Waals surface area contributed by atoms with E-state index >= 15 is 0 Å². The molecule has 0 spiro atoms. The fourth-order valence-corrected chi connectivity index (χ4v) is 6.14. The predicted molar refractivity (Wildman–Crippen MR) is 155 cm³/mol. The number of amides is 2. The third-order valence-electron chi connectivity index (χ3n) is 6.00. The van der Waals surface area contributed by atoms with Gasteiger partial charge in [-0.15, -0.1) is 0 Å². The molecule has 0 bridgehead atoms. The first kappa shape index (κ1) is 33.1. The smallest absolute Gasteiger partial charge is 0.405 e. The van der Waals surface area contributed by atoms with E-state index in [-0.39, 0.29) is 36.7 Å². The van der Waals surface area contributed by atoms with Crippen LogP contribution in [0.3, 0.4) is 0 Å². The number of thioether (sulfide) groups is 1. The van der Waals surface area contributed by atoms with E-state index in [0.717, 1.165) is 5.56 Å². The van der Waals surface area contributed by atoms with Crippen LogP contribution in [-0.4, -0.2) is 89.6 Å². The van der Waals surface area contributed by atoms with Gasteiger partial charge in [0.2, 0.25) is 15.9 Å². The molecular formula is C27H38N4O7S2. The van der Waals surface area contributed by atoms with E-state index in [1.165, 1.54) is 46.5 Å². The van der Waals surface area contributed by atoms with Crippen LogP contribution in [0.5, 0.6) is 0 Å². The van der Waals surface area contributed by atoms with Crippen LogP contribution >= 0.6 is 11.8 Å². The van der Waals surface area contributed by atoms with Gasteiger partial charge in [0.1, 0.15) is 6.04 Å². The Bertz CT molecular complexity index is 1210. The number of nitrogens with one attached hydrogen (secondary N) is 2. The lowest BCUT2D eigenvalue weighted by Crippen LogP contribution is -2.55. The first-order chi connectivity index (χ1) is 19.0. The molecule has 0 saturated heterocycles. The molecule has 5 N–H and O–H groups in total. The number of sulfonamides is 1. The molecule has 0 aliphatic rings. The zero-order chi connectivity index (χ0) is 29.7. The van der Waals surface area contributed by atoms with Gasteiger partial charge < -0.3 is 26.1 Å². The van der Waals surface area contributed by atoms with Crippen molar-refractivity contribution in [3.63, 3.8) is 0 Å². The minimum atomic E-state index is -4.04. The summed E-state index contributed by atoms with van der Waals surface area (Å²) in [7, 11) is -4.04. The summed E-state index contributed by atoms with van der Waals surface area (Å²) in [6, 6.07) is 13.0. The maximum Gasteiger partial charge on any atom is 0.405 e. The van der Waals surface area contributed by atoms with Gasteiger partial charge in [-0.1, -0.05) is 61.5 Å². The predicted octanol–water partition coefficient (Wildman–Crippen LogP) is 2.62. The third kappa shape index (κ3) is 10.5. The molecule has 11 nitrogen and oxygen atoms in total. The molecule has 0 aromatic heterocycles. The average Bonchev–Trinajstić information content (AvgIpc) is 2.90. The van der Waals surface area contributed by atoms with Gasteiger partial charge in [-0.05, 0) is 54.0 Å². The minimum absolute atomic E-state index is 0.00173. The standard InChI is InChI=1S/C27H38N4O7S2/c1-19(2)17-31(40(37,38)22-11-9-21(10-12-22)16-28-36)18-25(32)24(15-20-7-5-4-6-8-20)29-26(33)23(13-14-39-3)30-27(34)35/h4-12,16,19,23-25,30,32,36H,13-15,17-18H2,1-3H3,(H,29,33)(H,34,35)/t23-,24-,25+/m0/s1. The van der Waals surface area contributed by atoms with E-state index in [1.807, 2.05) is 50.4 Å². The van der Waals surface area contributed by atoms with Crippen molar-refractivity contribution in [2.24, 2.45) is 11.1 Å². The van der Waals surface area contributed by atoms with E-state index in [9.17, 15) is 28.2 Å². The van der Waals surface area contributed by atoms with Crippen molar-refractivity contribution in [1.82, 2.24) is 14.9 Å². The largest absolute Gasteiger partial charge is 0.465 e. The SMILES string of the molecule is CSCC[C@H](NC(=O)O)C(=O)N[C@@H](Cc1ccccc1)[C@H](O)CN(CC(C)C)S(=O)(=O)c1ccc(C=NO)cc1. The van der Waals surface area contributed by atoms with Gasteiger partial charge in [-0.2, -0.15) is 16.1 Å². The second kappa shape index (κ2) is 16.2. The molecule has 2 aromatic carbocycles. The lowest BCUT2D eigenvalue weighted by molar-refractivity contribution is -0.124. The van der Waals surface area contributed by atoms with Crippen molar-refractivity contribution in [3.8, 4) is 0 Å². The highest BCUT2D eigenvalue weighted by Gasteiger charge is 2.32. The summed E-state index contributed by atoms with van der Waals surface area (Å²) in [6.45, 7) is 3.52. The maximum atomic E-state index is 13.6. The topological polar surface area (TPSA) is 169 Å². The minimum Gasteiger partial charge on any atom is -0.465 e. The number of benzene rings is 2. The number of aliphatic hydroxyl groups excluding tert-OH is 1. The van der Waals surface area contributed by atoms with E-state index < -0.39 is 40.2 Å². The lowest BCUT2D eigenvalue weighted by Gasteiger charge is -2.31. The third-order valence-corrected chi connectivity index (χ3v) is 8.49. The van der Waals surface area contributed by atoms with Crippen LogP contribution in [-0.2, 0) is 21.2 Å². The summed E-state index contributed by atoms with van der Waals surface area (Å²) < 4.78 is 28.4. The molecule has 40 heavy (non-hydrogen) atoms. The first-order valence-corrected chi connectivity index (χ1v) is 15.6. The Morgan fingerprint density at radius 1 is 1.05 bits per heavy atom. The Morgan fingerprint density at radius 3 is 2.25 bits per heavy atom. The fourth-order valence-electron chi connectivity index (χ4n) is 4.04. The second-order valence-electron chi connectivity index (χ2n) is 9.69. The molecular weight excluding hydrogens is 556 g/mol. The quantitative estimate of drug-likeness (QED) is 0.112. The fraction of sp³-hybridized carbons (Fsp3) is 0.444. The van der Waals surface area contributed by atoms with Gasteiger partial charge >= 0.3 is 6.09 Å². The molecule has 0 aliphatic heterocycles. The van der Waals surface area contributed by atoms with Gasteiger partial charge in [0.25, 0.3) is 0 Å². The Kier molecular flexibility index (Phi) is 13.4. The second-order valence-corrected chi connectivity index (χ2v) is 12.6.